The molecule has 4 amide bonds. The van der Waals surface area contributed by atoms with Crippen molar-refractivity contribution in [2.24, 2.45) is 5.73 Å². The zero-order chi connectivity index (χ0) is 23.0. The van der Waals surface area contributed by atoms with E-state index in [9.17, 15) is 19.2 Å². The van der Waals surface area contributed by atoms with Crippen molar-refractivity contribution in [1.29, 1.82) is 0 Å². The molecule has 3 N–H and O–H groups in total. The minimum absolute atomic E-state index is 0.0885. The molecule has 168 valence electrons. The summed E-state index contributed by atoms with van der Waals surface area (Å²) < 4.78 is 0.868. The Morgan fingerprint density at radius 3 is 2.66 bits per heavy atom. The highest BCUT2D eigenvalue weighted by Crippen LogP contribution is 2.28. The fraction of sp³-hybridized carbons (Fsp3) is 0.364. The highest BCUT2D eigenvalue weighted by Gasteiger charge is 2.35. The largest absolute Gasteiger partial charge is 0.368 e. The number of thiophene rings is 1. The Morgan fingerprint density at radius 1 is 1.22 bits per heavy atom. The van der Waals surface area contributed by atoms with Crippen LogP contribution >= 0.6 is 27.3 Å². The molecular formula is C22H23BrN4O4S. The fourth-order valence-electron chi connectivity index (χ4n) is 4.26. The SMILES string of the molecule is Cc1cc(N2CC(NC(=O)c3ccc(Br)s3)CC2=O)ccc1C(=O)N1CCCC1C(N)=O. The monoisotopic (exact) mass is 518 g/mol. The quantitative estimate of drug-likeness (QED) is 0.632. The molecule has 1 aromatic carbocycles. The highest BCUT2D eigenvalue weighted by atomic mass is 79.9. The molecule has 2 unspecified atom stereocenters. The first-order valence-corrected chi connectivity index (χ1v) is 11.9. The third-order valence-corrected chi connectivity index (χ3v) is 7.47. The summed E-state index contributed by atoms with van der Waals surface area (Å²) in [6, 6.07) is 7.89. The molecule has 8 nitrogen and oxygen atoms in total. The van der Waals surface area contributed by atoms with Gasteiger partial charge in [-0.2, -0.15) is 0 Å². The number of halogens is 1. The van der Waals surface area contributed by atoms with Crippen molar-refractivity contribution in [2.45, 2.75) is 38.3 Å². The number of benzene rings is 1. The van der Waals surface area contributed by atoms with Crippen LogP contribution in [0.25, 0.3) is 0 Å². The second-order valence-electron chi connectivity index (χ2n) is 8.04. The molecule has 3 heterocycles. The van der Waals surface area contributed by atoms with Gasteiger partial charge in [-0.1, -0.05) is 0 Å². The number of aryl methyl sites for hydroxylation is 1. The zero-order valence-corrected chi connectivity index (χ0v) is 19.9. The van der Waals surface area contributed by atoms with Gasteiger partial charge in [-0.15, -0.1) is 11.3 Å². The van der Waals surface area contributed by atoms with Crippen LogP contribution < -0.4 is 16.0 Å². The lowest BCUT2D eigenvalue weighted by Gasteiger charge is -2.24. The lowest BCUT2D eigenvalue weighted by molar-refractivity contribution is -0.121. The molecule has 0 saturated carbocycles. The van der Waals surface area contributed by atoms with Crippen LogP contribution in [0.15, 0.2) is 34.1 Å². The first-order valence-electron chi connectivity index (χ1n) is 10.3. The van der Waals surface area contributed by atoms with Crippen molar-refractivity contribution < 1.29 is 19.2 Å². The number of hydrogen-bond donors (Lipinski definition) is 2. The molecule has 2 atom stereocenters. The molecule has 2 fully saturated rings. The number of likely N-dealkylation sites (tertiary alicyclic amines) is 1. The predicted molar refractivity (Wildman–Crippen MR) is 125 cm³/mol. The summed E-state index contributed by atoms with van der Waals surface area (Å²) >= 11 is 4.68. The van der Waals surface area contributed by atoms with E-state index in [0.717, 1.165) is 10.2 Å². The van der Waals surface area contributed by atoms with E-state index in [-0.39, 0.29) is 30.2 Å². The lowest BCUT2D eigenvalue weighted by atomic mass is 10.1. The molecule has 10 heteroatoms. The van der Waals surface area contributed by atoms with Crippen LogP contribution in [0.5, 0.6) is 0 Å². The van der Waals surface area contributed by atoms with E-state index < -0.39 is 11.9 Å². The number of carbonyl (C=O) groups is 4. The molecule has 0 bridgehead atoms. The molecule has 2 aliphatic rings. The van der Waals surface area contributed by atoms with E-state index >= 15 is 0 Å². The summed E-state index contributed by atoms with van der Waals surface area (Å²) in [5, 5.41) is 2.92. The number of nitrogens with one attached hydrogen (secondary N) is 1. The van der Waals surface area contributed by atoms with Gasteiger partial charge in [0.1, 0.15) is 6.04 Å². The number of hydrogen-bond acceptors (Lipinski definition) is 5. The number of rotatable bonds is 5. The van der Waals surface area contributed by atoms with Crippen LogP contribution in [-0.4, -0.2) is 53.7 Å². The normalized spacial score (nSPS) is 20.6. The lowest BCUT2D eigenvalue weighted by Crippen LogP contribution is -2.43. The van der Waals surface area contributed by atoms with Crippen LogP contribution in [0.4, 0.5) is 5.69 Å². The van der Waals surface area contributed by atoms with Crippen LogP contribution in [0.2, 0.25) is 0 Å². The predicted octanol–water partition coefficient (Wildman–Crippen LogP) is 2.44. The van der Waals surface area contributed by atoms with Gasteiger partial charge < -0.3 is 20.9 Å². The summed E-state index contributed by atoms with van der Waals surface area (Å²) in [6.45, 7) is 2.67. The second-order valence-corrected chi connectivity index (χ2v) is 10.5. The molecule has 32 heavy (non-hydrogen) atoms. The number of primary amides is 1. The van der Waals surface area contributed by atoms with Gasteiger partial charge in [0.05, 0.1) is 14.7 Å². The van der Waals surface area contributed by atoms with Crippen molar-refractivity contribution >= 4 is 56.6 Å². The minimum atomic E-state index is -0.574. The van der Waals surface area contributed by atoms with Crippen LogP contribution in [0.3, 0.4) is 0 Å². The smallest absolute Gasteiger partial charge is 0.261 e. The maximum atomic E-state index is 13.0. The first-order chi connectivity index (χ1) is 15.2. The molecular weight excluding hydrogens is 496 g/mol. The summed E-state index contributed by atoms with van der Waals surface area (Å²) in [4.78, 5) is 53.4. The van der Waals surface area contributed by atoms with Crippen molar-refractivity contribution in [3.63, 3.8) is 0 Å². The van der Waals surface area contributed by atoms with Gasteiger partial charge in [0.25, 0.3) is 11.8 Å². The Bertz CT molecular complexity index is 1100. The van der Waals surface area contributed by atoms with E-state index in [1.54, 1.807) is 36.1 Å². The molecule has 0 aliphatic carbocycles. The van der Waals surface area contributed by atoms with Crippen molar-refractivity contribution in [2.75, 3.05) is 18.0 Å². The zero-order valence-electron chi connectivity index (χ0n) is 17.5. The standard InChI is InChI=1S/C22H23BrN4O4S/c1-12-9-14(4-5-15(12)22(31)26-8-2-3-16(26)20(24)29)27-11-13(10-19(27)28)25-21(30)17-6-7-18(23)32-17/h4-7,9,13,16H,2-3,8,10-11H2,1H3,(H2,24,29)(H,25,30). The first kappa shape index (κ1) is 22.5. The van der Waals surface area contributed by atoms with Crippen LogP contribution in [-0.2, 0) is 9.59 Å². The molecule has 0 spiro atoms. The second kappa shape index (κ2) is 9.03. The number of nitrogens with zero attached hydrogens (tertiary/aromatic N) is 2. The fourth-order valence-corrected chi connectivity index (χ4v) is 5.55. The Hall–Kier alpha value is -2.72. The van der Waals surface area contributed by atoms with Gasteiger partial charge in [-0.05, 0) is 71.6 Å². The topological polar surface area (TPSA) is 113 Å². The van der Waals surface area contributed by atoms with Gasteiger partial charge >= 0.3 is 0 Å². The third kappa shape index (κ3) is 4.42. The number of amides is 4. The maximum absolute atomic E-state index is 13.0. The van der Waals surface area contributed by atoms with Crippen molar-refractivity contribution in [3.8, 4) is 0 Å². The average Bonchev–Trinajstić information content (AvgIpc) is 3.47. The Kier molecular flexibility index (Phi) is 6.34. The van der Waals surface area contributed by atoms with E-state index in [0.29, 0.717) is 41.2 Å². The Balaban J connectivity index is 1.45. The molecule has 2 saturated heterocycles. The maximum Gasteiger partial charge on any atom is 0.261 e. The highest BCUT2D eigenvalue weighted by molar-refractivity contribution is 9.11. The molecule has 0 radical (unpaired) electrons. The van der Waals surface area contributed by atoms with Gasteiger partial charge in [0.2, 0.25) is 11.8 Å². The Morgan fingerprint density at radius 2 is 2.00 bits per heavy atom. The number of carbonyl (C=O) groups excluding carboxylic acids is 4. The summed E-state index contributed by atoms with van der Waals surface area (Å²) in [5.41, 5.74) is 7.32. The third-order valence-electron chi connectivity index (χ3n) is 5.85. The molecule has 1 aromatic heterocycles. The molecule has 2 aliphatic heterocycles. The van der Waals surface area contributed by atoms with E-state index in [1.165, 1.54) is 16.2 Å². The van der Waals surface area contributed by atoms with Crippen LogP contribution in [0, 0.1) is 6.92 Å². The average molecular weight is 519 g/mol. The number of anilines is 1. The summed E-state index contributed by atoms with van der Waals surface area (Å²) in [6.07, 6.45) is 1.54. The minimum Gasteiger partial charge on any atom is -0.368 e. The molecule has 4 rings (SSSR count). The molecule has 2 aromatic rings. The van der Waals surface area contributed by atoms with Gasteiger partial charge in [0, 0.05) is 30.8 Å². The van der Waals surface area contributed by atoms with Crippen molar-refractivity contribution in [3.05, 3.63) is 50.1 Å². The number of nitrogens with two attached hydrogens (primary N) is 1. The van der Waals surface area contributed by atoms with E-state index in [4.69, 9.17) is 5.73 Å². The summed E-state index contributed by atoms with van der Waals surface area (Å²) in [7, 11) is 0. The van der Waals surface area contributed by atoms with Crippen molar-refractivity contribution in [1.82, 2.24) is 10.2 Å². The van der Waals surface area contributed by atoms with Crippen LogP contribution in [0.1, 0.15) is 44.9 Å². The van der Waals surface area contributed by atoms with E-state index in [1.807, 2.05) is 6.07 Å². The van der Waals surface area contributed by atoms with Gasteiger partial charge in [-0.3, -0.25) is 19.2 Å². The summed E-state index contributed by atoms with van der Waals surface area (Å²) in [5.74, 6) is -1.01. The van der Waals surface area contributed by atoms with Gasteiger partial charge in [0.15, 0.2) is 0 Å². The van der Waals surface area contributed by atoms with Gasteiger partial charge in [-0.25, -0.2) is 0 Å². The Labute approximate surface area is 197 Å². The van der Waals surface area contributed by atoms with E-state index in [2.05, 4.69) is 21.2 Å².